The molecule has 0 aliphatic heterocycles. The quantitative estimate of drug-likeness (QED) is 0.198. The SMILES string of the molecule is Cn1c(-c2ccccc2)cc2cc(-c3ccc4c(-c5ccccc5)c5ccccc5c(-c5ccccc5)c4c3)ccc21. The summed E-state index contributed by atoms with van der Waals surface area (Å²) in [5.74, 6) is 0. The topological polar surface area (TPSA) is 4.93 Å². The van der Waals surface area contributed by atoms with Crippen LogP contribution < -0.4 is 0 Å². The normalized spacial score (nSPS) is 11.5. The lowest BCUT2D eigenvalue weighted by Crippen LogP contribution is -1.92. The largest absolute Gasteiger partial charge is 0.344 e. The number of rotatable bonds is 4. The smallest absolute Gasteiger partial charge is 0.0488 e. The van der Waals surface area contributed by atoms with E-state index in [-0.39, 0.29) is 0 Å². The minimum absolute atomic E-state index is 1.22. The van der Waals surface area contributed by atoms with Crippen molar-refractivity contribution in [3.8, 4) is 44.6 Å². The molecule has 0 radical (unpaired) electrons. The molecule has 0 amide bonds. The lowest BCUT2D eigenvalue weighted by molar-refractivity contribution is 0.978. The number of aryl methyl sites for hydroxylation is 1. The Hall–Kier alpha value is -5.40. The maximum atomic E-state index is 2.40. The number of aromatic nitrogens is 1. The molecule has 0 N–H and O–H groups in total. The summed E-state index contributed by atoms with van der Waals surface area (Å²) >= 11 is 0. The van der Waals surface area contributed by atoms with Gasteiger partial charge >= 0.3 is 0 Å². The molecular weight excluding hydrogens is 506 g/mol. The Balaban J connectivity index is 1.40. The van der Waals surface area contributed by atoms with Gasteiger partial charge in [-0.2, -0.15) is 0 Å². The fourth-order valence-corrected chi connectivity index (χ4v) is 6.60. The van der Waals surface area contributed by atoms with Crippen LogP contribution in [-0.4, -0.2) is 4.57 Å². The Labute approximate surface area is 245 Å². The number of nitrogens with zero attached hydrogens (tertiary/aromatic N) is 1. The van der Waals surface area contributed by atoms with Crippen LogP contribution in [0.15, 0.2) is 158 Å². The first kappa shape index (κ1) is 24.4. The molecule has 0 aliphatic carbocycles. The predicted octanol–water partition coefficient (Wildman–Crippen LogP) is 11.2. The lowest BCUT2D eigenvalue weighted by Gasteiger charge is -2.18. The van der Waals surface area contributed by atoms with Crippen molar-refractivity contribution in [2.75, 3.05) is 0 Å². The van der Waals surface area contributed by atoms with E-state index in [0.29, 0.717) is 0 Å². The molecule has 1 heteroatoms. The van der Waals surface area contributed by atoms with Crippen molar-refractivity contribution < 1.29 is 0 Å². The highest BCUT2D eigenvalue weighted by atomic mass is 14.9. The molecule has 1 heterocycles. The van der Waals surface area contributed by atoms with E-state index in [1.54, 1.807) is 0 Å². The van der Waals surface area contributed by atoms with E-state index in [1.165, 1.54) is 77.1 Å². The van der Waals surface area contributed by atoms with Crippen LogP contribution in [0.25, 0.3) is 77.1 Å². The van der Waals surface area contributed by atoms with Gasteiger partial charge in [0.1, 0.15) is 0 Å². The third-order valence-corrected chi connectivity index (χ3v) is 8.59. The highest BCUT2D eigenvalue weighted by Gasteiger charge is 2.17. The van der Waals surface area contributed by atoms with Gasteiger partial charge in [0.05, 0.1) is 0 Å². The van der Waals surface area contributed by atoms with Crippen LogP contribution in [0.1, 0.15) is 0 Å². The van der Waals surface area contributed by atoms with Gasteiger partial charge in [0.2, 0.25) is 0 Å². The van der Waals surface area contributed by atoms with Gasteiger partial charge in [0.15, 0.2) is 0 Å². The highest BCUT2D eigenvalue weighted by molar-refractivity contribution is 6.22. The van der Waals surface area contributed by atoms with Crippen LogP contribution >= 0.6 is 0 Å². The zero-order chi connectivity index (χ0) is 28.0. The number of fused-ring (bicyclic) bond motifs is 3. The van der Waals surface area contributed by atoms with Crippen LogP contribution in [0.4, 0.5) is 0 Å². The van der Waals surface area contributed by atoms with Gasteiger partial charge in [-0.3, -0.25) is 0 Å². The minimum atomic E-state index is 1.22. The third kappa shape index (κ3) is 3.94. The van der Waals surface area contributed by atoms with Crippen molar-refractivity contribution in [1.82, 2.24) is 4.57 Å². The number of hydrogen-bond donors (Lipinski definition) is 0. The number of hydrogen-bond acceptors (Lipinski definition) is 0. The maximum absolute atomic E-state index is 2.40. The molecule has 7 aromatic carbocycles. The average Bonchev–Trinajstić information content (AvgIpc) is 3.40. The minimum Gasteiger partial charge on any atom is -0.344 e. The first-order valence-corrected chi connectivity index (χ1v) is 14.5. The molecule has 42 heavy (non-hydrogen) atoms. The van der Waals surface area contributed by atoms with Gasteiger partial charge in [-0.25, -0.2) is 0 Å². The summed E-state index contributed by atoms with van der Waals surface area (Å²) in [6.45, 7) is 0. The Morgan fingerprint density at radius 3 is 1.45 bits per heavy atom. The third-order valence-electron chi connectivity index (χ3n) is 8.59. The second-order valence-electron chi connectivity index (χ2n) is 11.0. The van der Waals surface area contributed by atoms with E-state index < -0.39 is 0 Å². The molecule has 8 aromatic rings. The van der Waals surface area contributed by atoms with Gasteiger partial charge in [-0.1, -0.05) is 133 Å². The molecule has 1 nitrogen and oxygen atoms in total. The molecule has 8 rings (SSSR count). The summed E-state index contributed by atoms with van der Waals surface area (Å²) < 4.78 is 2.29. The van der Waals surface area contributed by atoms with Crippen molar-refractivity contribution in [1.29, 1.82) is 0 Å². The monoisotopic (exact) mass is 535 g/mol. The molecule has 0 atom stereocenters. The lowest BCUT2D eigenvalue weighted by atomic mass is 9.85. The average molecular weight is 536 g/mol. The Morgan fingerprint density at radius 2 is 0.833 bits per heavy atom. The molecule has 1 aromatic heterocycles. The molecule has 0 bridgehead atoms. The Morgan fingerprint density at radius 1 is 0.357 bits per heavy atom. The van der Waals surface area contributed by atoms with Crippen LogP contribution in [0.5, 0.6) is 0 Å². The molecule has 0 fully saturated rings. The van der Waals surface area contributed by atoms with E-state index in [9.17, 15) is 0 Å². The fraction of sp³-hybridized carbons (Fsp3) is 0.0244. The van der Waals surface area contributed by atoms with Crippen LogP contribution in [0.3, 0.4) is 0 Å². The predicted molar refractivity (Wildman–Crippen MR) is 180 cm³/mol. The van der Waals surface area contributed by atoms with Gasteiger partial charge in [-0.05, 0) is 84.8 Å². The van der Waals surface area contributed by atoms with Gasteiger partial charge in [0, 0.05) is 23.6 Å². The second-order valence-corrected chi connectivity index (χ2v) is 11.0. The summed E-state index contributed by atoms with van der Waals surface area (Å²) in [6, 6.07) is 57.3. The van der Waals surface area contributed by atoms with E-state index in [1.807, 2.05) is 0 Å². The standard InChI is InChI=1S/C41H29N/c1-42-38-24-22-31(25-33(38)27-39(42)28-13-5-2-6-14-28)32-21-23-36-37(26-32)41(30-17-9-4-10-18-30)35-20-12-11-19-34(35)40(36)29-15-7-3-8-16-29/h2-27H,1H3. The van der Waals surface area contributed by atoms with E-state index >= 15 is 0 Å². The van der Waals surface area contributed by atoms with Gasteiger partial charge in [0.25, 0.3) is 0 Å². The van der Waals surface area contributed by atoms with E-state index in [4.69, 9.17) is 0 Å². The summed E-state index contributed by atoms with van der Waals surface area (Å²) in [5.41, 5.74) is 11.2. The van der Waals surface area contributed by atoms with Crippen molar-refractivity contribution >= 4 is 32.4 Å². The highest BCUT2D eigenvalue weighted by Crippen LogP contribution is 2.45. The first-order chi connectivity index (χ1) is 20.8. The summed E-state index contributed by atoms with van der Waals surface area (Å²) in [6.07, 6.45) is 0. The molecule has 0 aliphatic rings. The van der Waals surface area contributed by atoms with Crippen molar-refractivity contribution in [3.05, 3.63) is 158 Å². The molecule has 0 saturated heterocycles. The van der Waals surface area contributed by atoms with E-state index in [2.05, 4.69) is 169 Å². The summed E-state index contributed by atoms with van der Waals surface area (Å²) in [5, 5.41) is 6.35. The molecular formula is C41H29N. The fourth-order valence-electron chi connectivity index (χ4n) is 6.60. The van der Waals surface area contributed by atoms with Gasteiger partial charge in [-0.15, -0.1) is 0 Å². The van der Waals surface area contributed by atoms with Gasteiger partial charge < -0.3 is 4.57 Å². The molecule has 198 valence electrons. The zero-order valence-electron chi connectivity index (χ0n) is 23.5. The Kier molecular flexibility index (Phi) is 5.75. The Bertz CT molecular complexity index is 2220. The van der Waals surface area contributed by atoms with Crippen molar-refractivity contribution in [3.63, 3.8) is 0 Å². The first-order valence-electron chi connectivity index (χ1n) is 14.5. The van der Waals surface area contributed by atoms with Crippen molar-refractivity contribution in [2.24, 2.45) is 7.05 Å². The van der Waals surface area contributed by atoms with E-state index in [0.717, 1.165) is 0 Å². The second kappa shape index (κ2) is 9.90. The molecule has 0 spiro atoms. The summed E-state index contributed by atoms with van der Waals surface area (Å²) in [4.78, 5) is 0. The van der Waals surface area contributed by atoms with Crippen LogP contribution in [0, 0.1) is 0 Å². The number of benzene rings is 7. The zero-order valence-corrected chi connectivity index (χ0v) is 23.5. The molecule has 0 unspecified atom stereocenters. The van der Waals surface area contributed by atoms with Crippen LogP contribution in [0.2, 0.25) is 0 Å². The molecule has 0 saturated carbocycles. The summed E-state index contributed by atoms with van der Waals surface area (Å²) in [7, 11) is 2.16. The maximum Gasteiger partial charge on any atom is 0.0488 e. The van der Waals surface area contributed by atoms with Crippen LogP contribution in [-0.2, 0) is 7.05 Å². The van der Waals surface area contributed by atoms with Crippen molar-refractivity contribution in [2.45, 2.75) is 0 Å².